The van der Waals surface area contributed by atoms with Crippen LogP contribution in [0, 0.1) is 0 Å². The van der Waals surface area contributed by atoms with E-state index in [0.29, 0.717) is 11.5 Å². The van der Waals surface area contributed by atoms with E-state index in [9.17, 15) is 0 Å². The molecule has 3 heteroatoms. The lowest BCUT2D eigenvalue weighted by atomic mass is 10.3. The molecule has 2 aromatic rings. The maximum absolute atomic E-state index is 5.09. The fourth-order valence-corrected chi connectivity index (χ4v) is 1.05. The number of benzene rings is 2. The lowest BCUT2D eigenvalue weighted by molar-refractivity contribution is -0.0999. The molecule has 2 aromatic carbocycles. The van der Waals surface area contributed by atoms with Crippen LogP contribution in [0.1, 0.15) is 0 Å². The Hall–Kier alpha value is -2.00. The Morgan fingerprint density at radius 1 is 0.533 bits per heavy atom. The van der Waals surface area contributed by atoms with Crippen molar-refractivity contribution in [1.82, 2.24) is 6.15 Å². The van der Waals surface area contributed by atoms with E-state index in [-0.39, 0.29) is 6.15 Å². The monoisotopic (exact) mass is 203 g/mol. The molecular weight excluding hydrogens is 190 g/mol. The van der Waals surface area contributed by atoms with E-state index in [1.807, 2.05) is 60.7 Å². The summed E-state index contributed by atoms with van der Waals surface area (Å²) in [6, 6.07) is 18.8. The molecule has 0 atom stereocenters. The van der Waals surface area contributed by atoms with Gasteiger partial charge in [-0.3, -0.25) is 9.78 Å². The van der Waals surface area contributed by atoms with Gasteiger partial charge in [-0.25, -0.2) is 0 Å². The molecule has 0 unspecified atom stereocenters. The van der Waals surface area contributed by atoms with Gasteiger partial charge >= 0.3 is 0 Å². The molecule has 3 N–H and O–H groups in total. The van der Waals surface area contributed by atoms with Gasteiger partial charge in [0.25, 0.3) is 0 Å². The molecular formula is C12H13NO2. The highest BCUT2D eigenvalue weighted by Gasteiger charge is 1.94. The Labute approximate surface area is 88.8 Å². The molecule has 3 nitrogen and oxygen atoms in total. The maximum Gasteiger partial charge on any atom is 0.178 e. The molecule has 0 bridgehead atoms. The van der Waals surface area contributed by atoms with Gasteiger partial charge in [-0.05, 0) is 24.3 Å². The van der Waals surface area contributed by atoms with Crippen molar-refractivity contribution < 1.29 is 9.78 Å². The smallest absolute Gasteiger partial charge is 0.178 e. The molecule has 0 aliphatic carbocycles. The zero-order chi connectivity index (χ0) is 9.64. The van der Waals surface area contributed by atoms with Crippen LogP contribution in [-0.4, -0.2) is 0 Å². The van der Waals surface area contributed by atoms with Crippen LogP contribution in [0.15, 0.2) is 60.7 Å². The van der Waals surface area contributed by atoms with E-state index in [2.05, 4.69) is 0 Å². The van der Waals surface area contributed by atoms with Crippen molar-refractivity contribution in [3.8, 4) is 11.5 Å². The zero-order valence-corrected chi connectivity index (χ0v) is 8.30. The van der Waals surface area contributed by atoms with E-state index in [1.165, 1.54) is 0 Å². The van der Waals surface area contributed by atoms with Crippen LogP contribution in [0.3, 0.4) is 0 Å². The van der Waals surface area contributed by atoms with E-state index < -0.39 is 0 Å². The molecule has 78 valence electrons. The molecule has 2 rings (SSSR count). The second-order valence-electron chi connectivity index (χ2n) is 2.79. The Balaban J connectivity index is 0.00000112. The normalized spacial score (nSPS) is 8.80. The minimum Gasteiger partial charge on any atom is -0.344 e. The second-order valence-corrected chi connectivity index (χ2v) is 2.79. The molecule has 0 saturated heterocycles. The second kappa shape index (κ2) is 5.67. The van der Waals surface area contributed by atoms with Crippen molar-refractivity contribution in [3.63, 3.8) is 0 Å². The van der Waals surface area contributed by atoms with E-state index >= 15 is 0 Å². The highest BCUT2D eigenvalue weighted by atomic mass is 17.2. The first kappa shape index (κ1) is 11.1. The van der Waals surface area contributed by atoms with E-state index in [1.54, 1.807) is 0 Å². The Kier molecular flexibility index (Phi) is 4.19. The fraction of sp³-hybridized carbons (Fsp3) is 0. The third-order valence-electron chi connectivity index (χ3n) is 1.72. The third-order valence-corrected chi connectivity index (χ3v) is 1.72. The van der Waals surface area contributed by atoms with Gasteiger partial charge in [-0.15, -0.1) is 0 Å². The number of hydrogen-bond acceptors (Lipinski definition) is 3. The average molecular weight is 203 g/mol. The summed E-state index contributed by atoms with van der Waals surface area (Å²) in [6.07, 6.45) is 0. The summed E-state index contributed by atoms with van der Waals surface area (Å²) in [5.41, 5.74) is 0. The quantitative estimate of drug-likeness (QED) is 0.615. The van der Waals surface area contributed by atoms with Crippen molar-refractivity contribution in [2.24, 2.45) is 0 Å². The maximum atomic E-state index is 5.09. The van der Waals surface area contributed by atoms with E-state index in [0.717, 1.165) is 0 Å². The van der Waals surface area contributed by atoms with Crippen LogP contribution < -0.4 is 15.9 Å². The van der Waals surface area contributed by atoms with Crippen LogP contribution in [0.2, 0.25) is 0 Å². The average Bonchev–Trinajstić information content (AvgIpc) is 2.29. The largest absolute Gasteiger partial charge is 0.344 e. The van der Waals surface area contributed by atoms with Gasteiger partial charge in [0.2, 0.25) is 0 Å². The summed E-state index contributed by atoms with van der Waals surface area (Å²) in [6.45, 7) is 0. The van der Waals surface area contributed by atoms with E-state index in [4.69, 9.17) is 9.78 Å². The molecule has 0 aliphatic heterocycles. The van der Waals surface area contributed by atoms with Crippen molar-refractivity contribution in [2.45, 2.75) is 0 Å². The summed E-state index contributed by atoms with van der Waals surface area (Å²) in [7, 11) is 0. The summed E-state index contributed by atoms with van der Waals surface area (Å²) in [5, 5.41) is 0. The molecule has 0 amide bonds. The molecule has 0 spiro atoms. The molecule has 0 aromatic heterocycles. The van der Waals surface area contributed by atoms with Crippen LogP contribution in [0.4, 0.5) is 0 Å². The first-order valence-electron chi connectivity index (χ1n) is 4.40. The summed E-state index contributed by atoms with van der Waals surface area (Å²) >= 11 is 0. The van der Waals surface area contributed by atoms with Crippen LogP contribution >= 0.6 is 0 Å². The SMILES string of the molecule is N.c1ccc(OOc2ccccc2)cc1. The molecule has 0 heterocycles. The molecule has 0 fully saturated rings. The first-order chi connectivity index (χ1) is 6.95. The van der Waals surface area contributed by atoms with Crippen molar-refractivity contribution >= 4 is 0 Å². The molecule has 15 heavy (non-hydrogen) atoms. The summed E-state index contributed by atoms with van der Waals surface area (Å²) in [5.74, 6) is 1.38. The highest BCUT2D eigenvalue weighted by Crippen LogP contribution is 2.13. The third kappa shape index (κ3) is 3.32. The number of hydrogen-bond donors (Lipinski definition) is 1. The van der Waals surface area contributed by atoms with Gasteiger partial charge < -0.3 is 6.15 Å². The molecule has 0 radical (unpaired) electrons. The predicted octanol–water partition coefficient (Wildman–Crippen LogP) is 3.22. The van der Waals surface area contributed by atoms with Gasteiger partial charge in [0, 0.05) is 0 Å². The predicted molar refractivity (Wildman–Crippen MR) is 59.2 cm³/mol. The van der Waals surface area contributed by atoms with Gasteiger partial charge in [-0.1, -0.05) is 36.4 Å². The topological polar surface area (TPSA) is 53.5 Å². The van der Waals surface area contributed by atoms with Crippen LogP contribution in [-0.2, 0) is 0 Å². The Morgan fingerprint density at radius 2 is 0.867 bits per heavy atom. The number of rotatable bonds is 3. The van der Waals surface area contributed by atoms with Gasteiger partial charge in [0.1, 0.15) is 0 Å². The highest BCUT2D eigenvalue weighted by molar-refractivity contribution is 5.23. The van der Waals surface area contributed by atoms with Crippen molar-refractivity contribution in [3.05, 3.63) is 60.7 Å². The summed E-state index contributed by atoms with van der Waals surface area (Å²) in [4.78, 5) is 10.2. The van der Waals surface area contributed by atoms with Gasteiger partial charge in [0.15, 0.2) is 11.5 Å². The standard InChI is InChI=1S/C12H10O2.H3N/c1-3-7-11(8-4-1)13-14-12-9-5-2-6-10-12;/h1-10H;1H3. The number of para-hydroxylation sites is 2. The van der Waals surface area contributed by atoms with Crippen LogP contribution in [0.25, 0.3) is 0 Å². The zero-order valence-electron chi connectivity index (χ0n) is 8.30. The molecule has 0 aliphatic rings. The van der Waals surface area contributed by atoms with Crippen LogP contribution in [0.5, 0.6) is 11.5 Å². The molecule has 0 saturated carbocycles. The Morgan fingerprint density at radius 3 is 1.20 bits per heavy atom. The summed E-state index contributed by atoms with van der Waals surface area (Å²) < 4.78 is 0. The van der Waals surface area contributed by atoms with Crippen molar-refractivity contribution in [2.75, 3.05) is 0 Å². The minimum atomic E-state index is 0. The van der Waals surface area contributed by atoms with Crippen molar-refractivity contribution in [1.29, 1.82) is 0 Å². The van der Waals surface area contributed by atoms with Gasteiger partial charge in [-0.2, -0.15) is 0 Å². The lowest BCUT2D eigenvalue weighted by Crippen LogP contribution is -1.99. The Bertz CT molecular complexity index is 336. The fourth-order valence-electron chi connectivity index (χ4n) is 1.05. The minimum absolute atomic E-state index is 0. The first-order valence-corrected chi connectivity index (χ1v) is 4.40. The van der Waals surface area contributed by atoms with Gasteiger partial charge in [0.05, 0.1) is 0 Å². The lowest BCUT2D eigenvalue weighted by Gasteiger charge is -2.04.